The second kappa shape index (κ2) is 5.29. The van der Waals surface area contributed by atoms with Crippen molar-refractivity contribution in [3.05, 3.63) is 35.4 Å². The smallest absolute Gasteiger partial charge is 0.223 e. The molecule has 0 saturated heterocycles. The van der Waals surface area contributed by atoms with E-state index in [1.54, 1.807) is 0 Å². The average molecular weight is 276 g/mol. The van der Waals surface area contributed by atoms with Crippen LogP contribution in [0.5, 0.6) is 0 Å². The molecule has 0 heterocycles. The van der Waals surface area contributed by atoms with Crippen molar-refractivity contribution in [2.24, 2.45) is 17.1 Å². The van der Waals surface area contributed by atoms with E-state index < -0.39 is 0 Å². The summed E-state index contributed by atoms with van der Waals surface area (Å²) in [5.41, 5.74) is 7.90. The molecule has 0 spiro atoms. The monoisotopic (exact) mass is 276 g/mol. The summed E-state index contributed by atoms with van der Waals surface area (Å²) in [4.78, 5) is 12.6. The maximum absolute atomic E-state index is 12.2. The summed E-state index contributed by atoms with van der Waals surface area (Å²) in [5, 5.41) is 2.97. The Morgan fingerprint density at radius 2 is 1.89 bits per heavy atom. The summed E-state index contributed by atoms with van der Waals surface area (Å²) in [5.74, 6) is 0.139. The molecule has 4 heteroatoms. The fourth-order valence-electron chi connectivity index (χ4n) is 2.28. The first-order valence-corrected chi connectivity index (χ1v) is 6.95. The van der Waals surface area contributed by atoms with Crippen molar-refractivity contribution in [1.29, 1.82) is 0 Å². The van der Waals surface area contributed by atoms with Crippen LogP contribution in [0.25, 0.3) is 0 Å². The molecule has 0 aromatic heterocycles. The van der Waals surface area contributed by atoms with E-state index in [0.29, 0.717) is 11.5 Å². The van der Waals surface area contributed by atoms with Crippen molar-refractivity contribution in [3.63, 3.8) is 0 Å². The highest BCUT2D eigenvalue weighted by Crippen LogP contribution is 2.26. The van der Waals surface area contributed by atoms with E-state index in [9.17, 15) is 4.79 Å². The molecular weight excluding hydrogens is 256 g/mol. The zero-order valence-corrected chi connectivity index (χ0v) is 12.2. The summed E-state index contributed by atoms with van der Waals surface area (Å²) >= 11 is 5.00. The molecule has 1 aliphatic rings. The van der Waals surface area contributed by atoms with Gasteiger partial charge in [0.05, 0.1) is 4.99 Å². The molecule has 1 amide bonds. The van der Waals surface area contributed by atoms with Crippen LogP contribution in [0.15, 0.2) is 24.3 Å². The van der Waals surface area contributed by atoms with E-state index in [1.165, 1.54) is 11.1 Å². The van der Waals surface area contributed by atoms with Gasteiger partial charge in [0.1, 0.15) is 0 Å². The van der Waals surface area contributed by atoms with Gasteiger partial charge in [0.25, 0.3) is 0 Å². The Balaban J connectivity index is 1.92. The molecular formula is C15H20N2OS. The molecule has 102 valence electrons. The lowest BCUT2D eigenvalue weighted by molar-refractivity contribution is -0.124. The second-order valence-corrected chi connectivity index (χ2v) is 6.28. The largest absolute Gasteiger partial charge is 0.393 e. The third kappa shape index (κ3) is 3.13. The fourth-order valence-corrected chi connectivity index (χ4v) is 2.36. The molecule has 0 fully saturated rings. The lowest BCUT2D eigenvalue weighted by atomic mass is 9.93. The van der Waals surface area contributed by atoms with Crippen LogP contribution in [0.3, 0.4) is 0 Å². The van der Waals surface area contributed by atoms with Crippen molar-refractivity contribution in [2.75, 3.05) is 6.54 Å². The lowest BCUT2D eigenvalue weighted by Gasteiger charge is -2.24. The number of benzene rings is 1. The maximum atomic E-state index is 12.2. The van der Waals surface area contributed by atoms with E-state index in [1.807, 2.05) is 26.0 Å². The van der Waals surface area contributed by atoms with Crippen LogP contribution < -0.4 is 11.1 Å². The van der Waals surface area contributed by atoms with Gasteiger partial charge in [-0.1, -0.05) is 50.3 Å². The number of nitrogens with one attached hydrogen (secondary N) is 1. The molecule has 2 rings (SSSR count). The molecule has 0 radical (unpaired) electrons. The highest BCUT2D eigenvalue weighted by Gasteiger charge is 2.29. The summed E-state index contributed by atoms with van der Waals surface area (Å²) in [7, 11) is 0. The van der Waals surface area contributed by atoms with Crippen LogP contribution in [0.1, 0.15) is 25.0 Å². The second-order valence-electron chi connectivity index (χ2n) is 5.84. The van der Waals surface area contributed by atoms with Crippen LogP contribution in [-0.4, -0.2) is 17.4 Å². The van der Waals surface area contributed by atoms with E-state index in [0.717, 1.165) is 12.8 Å². The Labute approximate surface area is 119 Å². The Bertz CT molecular complexity index is 486. The Hall–Kier alpha value is -1.42. The van der Waals surface area contributed by atoms with Crippen LogP contribution in [0.4, 0.5) is 0 Å². The Morgan fingerprint density at radius 1 is 1.37 bits per heavy atom. The first-order chi connectivity index (χ1) is 8.90. The number of thiocarbonyl (C=S) groups is 1. The molecule has 1 aliphatic carbocycles. The summed E-state index contributed by atoms with van der Waals surface area (Å²) in [6.45, 7) is 4.38. The average Bonchev–Trinajstić information content (AvgIpc) is 2.79. The predicted molar refractivity (Wildman–Crippen MR) is 80.9 cm³/mol. The molecule has 1 aromatic rings. The summed E-state index contributed by atoms with van der Waals surface area (Å²) in [6.07, 6.45) is 1.66. The Kier molecular flexibility index (Phi) is 3.90. The van der Waals surface area contributed by atoms with Crippen molar-refractivity contribution < 1.29 is 4.79 Å². The number of amides is 1. The molecule has 1 aromatic carbocycles. The van der Waals surface area contributed by atoms with Crippen LogP contribution >= 0.6 is 12.2 Å². The topological polar surface area (TPSA) is 55.1 Å². The first-order valence-electron chi connectivity index (χ1n) is 6.54. The van der Waals surface area contributed by atoms with Gasteiger partial charge in [0, 0.05) is 17.9 Å². The molecule has 19 heavy (non-hydrogen) atoms. The zero-order valence-electron chi connectivity index (χ0n) is 11.4. The van der Waals surface area contributed by atoms with E-state index in [4.69, 9.17) is 18.0 Å². The number of rotatable bonds is 4. The van der Waals surface area contributed by atoms with Gasteiger partial charge in [-0.15, -0.1) is 0 Å². The summed E-state index contributed by atoms with van der Waals surface area (Å²) < 4.78 is 0. The van der Waals surface area contributed by atoms with Crippen molar-refractivity contribution in [1.82, 2.24) is 5.32 Å². The number of hydrogen-bond donors (Lipinski definition) is 2. The number of carbonyl (C=O) groups is 1. The van der Waals surface area contributed by atoms with Crippen molar-refractivity contribution >= 4 is 23.1 Å². The maximum Gasteiger partial charge on any atom is 0.223 e. The van der Waals surface area contributed by atoms with Crippen molar-refractivity contribution in [2.45, 2.75) is 26.7 Å². The number of fused-ring (bicyclic) bond motifs is 1. The van der Waals surface area contributed by atoms with E-state index in [2.05, 4.69) is 17.4 Å². The van der Waals surface area contributed by atoms with Gasteiger partial charge in [0.15, 0.2) is 0 Å². The normalized spacial score (nSPS) is 15.1. The molecule has 0 saturated carbocycles. The zero-order chi connectivity index (χ0) is 14.0. The number of nitrogens with two attached hydrogens (primary N) is 1. The van der Waals surface area contributed by atoms with Crippen LogP contribution in [-0.2, 0) is 17.6 Å². The first kappa shape index (κ1) is 14.0. The molecule has 0 atom stereocenters. The highest BCUT2D eigenvalue weighted by molar-refractivity contribution is 7.80. The molecule has 3 N–H and O–H groups in total. The quantitative estimate of drug-likeness (QED) is 0.825. The van der Waals surface area contributed by atoms with E-state index >= 15 is 0 Å². The lowest BCUT2D eigenvalue weighted by Crippen LogP contribution is -2.43. The van der Waals surface area contributed by atoms with Gasteiger partial charge in [-0.25, -0.2) is 0 Å². The third-order valence-corrected chi connectivity index (χ3v) is 4.35. The minimum Gasteiger partial charge on any atom is -0.393 e. The molecule has 0 aliphatic heterocycles. The van der Waals surface area contributed by atoms with E-state index in [-0.39, 0.29) is 17.2 Å². The minimum absolute atomic E-state index is 0.0412. The van der Waals surface area contributed by atoms with Crippen molar-refractivity contribution in [3.8, 4) is 0 Å². The molecule has 0 unspecified atom stereocenters. The number of carbonyl (C=O) groups excluding carboxylic acids is 1. The van der Waals surface area contributed by atoms with Gasteiger partial charge in [-0.05, 0) is 24.0 Å². The molecule has 0 bridgehead atoms. The summed E-state index contributed by atoms with van der Waals surface area (Å²) in [6, 6.07) is 8.24. The standard InChI is InChI=1S/C15H20N2OS/c1-15(2,14(16)19)9-17-13(18)12-7-10-5-3-4-6-11(10)8-12/h3-6,12H,7-9H2,1-2H3,(H2,16,19)(H,17,18). The molecule has 3 nitrogen and oxygen atoms in total. The Morgan fingerprint density at radius 3 is 2.37 bits per heavy atom. The SMILES string of the molecule is CC(C)(CNC(=O)C1Cc2ccccc2C1)C(N)=S. The third-order valence-electron chi connectivity index (χ3n) is 3.79. The van der Waals surface area contributed by atoms with Gasteiger partial charge in [0.2, 0.25) is 5.91 Å². The van der Waals surface area contributed by atoms with Gasteiger partial charge < -0.3 is 11.1 Å². The number of hydrogen-bond acceptors (Lipinski definition) is 2. The fraction of sp³-hybridized carbons (Fsp3) is 0.467. The van der Waals surface area contributed by atoms with Gasteiger partial charge in [-0.3, -0.25) is 4.79 Å². The predicted octanol–water partition coefficient (Wildman–Crippen LogP) is 1.83. The van der Waals surface area contributed by atoms with Gasteiger partial charge >= 0.3 is 0 Å². The van der Waals surface area contributed by atoms with Crippen LogP contribution in [0, 0.1) is 11.3 Å². The van der Waals surface area contributed by atoms with Gasteiger partial charge in [-0.2, -0.15) is 0 Å². The minimum atomic E-state index is -0.337. The highest BCUT2D eigenvalue weighted by atomic mass is 32.1. The van der Waals surface area contributed by atoms with Crippen LogP contribution in [0.2, 0.25) is 0 Å².